The average molecular weight is 370 g/mol. The number of halogens is 2. The van der Waals surface area contributed by atoms with Gasteiger partial charge in [-0.25, -0.2) is 9.97 Å². The van der Waals surface area contributed by atoms with Gasteiger partial charge in [-0.3, -0.25) is 4.79 Å². The Labute approximate surface area is 151 Å². The molecule has 122 valence electrons. The van der Waals surface area contributed by atoms with E-state index in [2.05, 4.69) is 15.3 Å². The highest BCUT2D eigenvalue weighted by atomic mass is 35.5. The maximum absolute atomic E-state index is 12.9. The second-order valence-corrected chi connectivity index (χ2v) is 6.67. The fraction of sp³-hybridized carbons (Fsp3) is 0.0556. The third-order valence-corrected chi connectivity index (χ3v) is 5.04. The predicted octanol–water partition coefficient (Wildman–Crippen LogP) is 4.79. The van der Waals surface area contributed by atoms with Crippen LogP contribution in [0.15, 0.2) is 41.3 Å². The molecule has 0 unspecified atom stereocenters. The number of anilines is 1. The van der Waals surface area contributed by atoms with Crippen LogP contribution in [0.1, 0.15) is 21.5 Å². The van der Waals surface area contributed by atoms with Crippen molar-refractivity contribution >= 4 is 46.0 Å². The molecule has 1 aliphatic carbocycles. The molecule has 5 rings (SSSR count). The molecular formula is C18H9Cl2N3O2. The highest BCUT2D eigenvalue weighted by molar-refractivity contribution is 6.42. The Bertz CT molecular complexity index is 1140. The lowest BCUT2D eigenvalue weighted by molar-refractivity contribution is 0.102. The first kappa shape index (κ1) is 14.7. The largest absolute Gasteiger partial charge is 0.455 e. The number of nitrogens with one attached hydrogen (secondary N) is 1. The van der Waals surface area contributed by atoms with Crippen molar-refractivity contribution in [2.24, 2.45) is 0 Å². The minimum absolute atomic E-state index is 0.263. The van der Waals surface area contributed by atoms with Crippen molar-refractivity contribution < 1.29 is 9.21 Å². The van der Waals surface area contributed by atoms with Crippen molar-refractivity contribution in [2.45, 2.75) is 6.42 Å². The standard InChI is InChI=1S/C18H9Cl2N3O2/c19-12-2-1-9(3-13(12)20)23-18(24)15-14(8-5-21-7-22-6-8)16-10-4-11(10)17(15)25-16/h1-3,5-7H,4H2,(H,23,24). The average Bonchev–Trinajstić information content (AvgIpc) is 3.23. The topological polar surface area (TPSA) is 68.0 Å². The number of carbonyl (C=O) groups excluding carboxylic acids is 1. The molecule has 1 N–H and O–H groups in total. The van der Waals surface area contributed by atoms with E-state index in [1.807, 2.05) is 0 Å². The lowest BCUT2D eigenvalue weighted by atomic mass is 10.0. The molecule has 4 aromatic rings. The van der Waals surface area contributed by atoms with E-state index in [0.29, 0.717) is 26.9 Å². The molecule has 7 heteroatoms. The third-order valence-electron chi connectivity index (χ3n) is 4.30. The van der Waals surface area contributed by atoms with Crippen molar-refractivity contribution in [1.82, 2.24) is 9.97 Å². The summed E-state index contributed by atoms with van der Waals surface area (Å²) in [5.74, 6) is -0.263. The quantitative estimate of drug-likeness (QED) is 0.496. The number of nitrogens with zero attached hydrogens (tertiary/aromatic N) is 2. The van der Waals surface area contributed by atoms with Gasteiger partial charge in [-0.2, -0.15) is 0 Å². The molecule has 0 spiro atoms. The zero-order valence-electron chi connectivity index (χ0n) is 12.6. The normalized spacial score (nSPS) is 12.4. The van der Waals surface area contributed by atoms with Crippen LogP contribution in [0, 0.1) is 0 Å². The van der Waals surface area contributed by atoms with Crippen LogP contribution in [0.25, 0.3) is 22.3 Å². The number of aromatic nitrogens is 2. The Morgan fingerprint density at radius 2 is 1.84 bits per heavy atom. The maximum Gasteiger partial charge on any atom is 0.260 e. The minimum atomic E-state index is -0.263. The van der Waals surface area contributed by atoms with Gasteiger partial charge in [0.2, 0.25) is 0 Å². The summed E-state index contributed by atoms with van der Waals surface area (Å²) in [7, 11) is 0. The number of amides is 1. The van der Waals surface area contributed by atoms with Crippen LogP contribution < -0.4 is 5.32 Å². The van der Waals surface area contributed by atoms with Crippen LogP contribution in [-0.4, -0.2) is 15.9 Å². The van der Waals surface area contributed by atoms with Gasteiger partial charge in [-0.05, 0) is 18.2 Å². The summed E-state index contributed by atoms with van der Waals surface area (Å²) in [4.78, 5) is 21.0. The molecule has 1 aliphatic rings. The van der Waals surface area contributed by atoms with Gasteiger partial charge in [-0.1, -0.05) is 23.2 Å². The molecule has 0 saturated heterocycles. The van der Waals surface area contributed by atoms with Crippen LogP contribution >= 0.6 is 23.2 Å². The van der Waals surface area contributed by atoms with Crippen molar-refractivity contribution in [2.75, 3.05) is 5.32 Å². The van der Waals surface area contributed by atoms with E-state index < -0.39 is 0 Å². The van der Waals surface area contributed by atoms with Crippen LogP contribution in [0.4, 0.5) is 5.69 Å². The molecule has 3 aromatic heterocycles. The van der Waals surface area contributed by atoms with Gasteiger partial charge in [0.1, 0.15) is 17.5 Å². The van der Waals surface area contributed by atoms with E-state index in [4.69, 9.17) is 27.6 Å². The van der Waals surface area contributed by atoms with Crippen molar-refractivity contribution in [1.29, 1.82) is 0 Å². The van der Waals surface area contributed by atoms with Gasteiger partial charge in [0.15, 0.2) is 0 Å². The van der Waals surface area contributed by atoms with Gasteiger partial charge in [0, 0.05) is 46.8 Å². The molecule has 5 nitrogen and oxygen atoms in total. The molecule has 0 fully saturated rings. The highest BCUT2D eigenvalue weighted by Crippen LogP contribution is 2.50. The number of hydrogen-bond acceptors (Lipinski definition) is 4. The van der Waals surface area contributed by atoms with Crippen LogP contribution in [0.5, 0.6) is 0 Å². The van der Waals surface area contributed by atoms with E-state index in [1.54, 1.807) is 30.6 Å². The number of hydrogen-bond donors (Lipinski definition) is 1. The Morgan fingerprint density at radius 1 is 1.08 bits per heavy atom. The first-order valence-corrected chi connectivity index (χ1v) is 8.30. The summed E-state index contributed by atoms with van der Waals surface area (Å²) >= 11 is 11.9. The summed E-state index contributed by atoms with van der Waals surface area (Å²) in [6.45, 7) is 0. The van der Waals surface area contributed by atoms with E-state index >= 15 is 0 Å². The summed E-state index contributed by atoms with van der Waals surface area (Å²) in [6.07, 6.45) is 5.67. The maximum atomic E-state index is 12.9. The lowest BCUT2D eigenvalue weighted by Gasteiger charge is -2.08. The van der Waals surface area contributed by atoms with Crippen molar-refractivity contribution in [3.05, 3.63) is 63.7 Å². The van der Waals surface area contributed by atoms with Gasteiger partial charge >= 0.3 is 0 Å². The fourth-order valence-corrected chi connectivity index (χ4v) is 3.41. The Hall–Kier alpha value is -2.63. The van der Waals surface area contributed by atoms with Crippen molar-refractivity contribution in [3.63, 3.8) is 0 Å². The predicted molar refractivity (Wildman–Crippen MR) is 95.6 cm³/mol. The van der Waals surface area contributed by atoms with Gasteiger partial charge < -0.3 is 9.73 Å². The Morgan fingerprint density at radius 3 is 2.60 bits per heavy atom. The van der Waals surface area contributed by atoms with E-state index in [-0.39, 0.29) is 5.91 Å². The SMILES string of the molecule is O=C(Nc1ccc(Cl)c(Cl)c1)c1c(-c2cncnc2)c2oc1c1c2C1. The van der Waals surface area contributed by atoms with Crippen LogP contribution in [0.2, 0.25) is 10.0 Å². The number of benzene rings is 2. The number of rotatable bonds is 3. The summed E-state index contributed by atoms with van der Waals surface area (Å²) in [6, 6.07) is 4.95. The fourth-order valence-electron chi connectivity index (χ4n) is 3.11. The number of furan rings is 2. The molecule has 0 aliphatic heterocycles. The lowest BCUT2D eigenvalue weighted by Crippen LogP contribution is -2.12. The molecule has 3 heterocycles. The number of carbonyl (C=O) groups is 1. The summed E-state index contributed by atoms with van der Waals surface area (Å²) in [5.41, 5.74) is 6.23. The van der Waals surface area contributed by atoms with Crippen LogP contribution in [0.3, 0.4) is 0 Å². The molecular weight excluding hydrogens is 361 g/mol. The highest BCUT2D eigenvalue weighted by Gasteiger charge is 2.38. The van der Waals surface area contributed by atoms with E-state index in [1.165, 1.54) is 11.9 Å². The molecule has 0 radical (unpaired) electrons. The molecule has 2 bridgehead atoms. The van der Waals surface area contributed by atoms with Crippen LogP contribution in [-0.2, 0) is 6.42 Å². The molecule has 1 aromatic carbocycles. The summed E-state index contributed by atoms with van der Waals surface area (Å²) < 4.78 is 5.84. The second-order valence-electron chi connectivity index (χ2n) is 5.85. The molecule has 0 saturated carbocycles. The van der Waals surface area contributed by atoms with Gasteiger partial charge in [0.05, 0.1) is 15.6 Å². The Kier molecular flexibility index (Phi) is 3.04. The first-order chi connectivity index (χ1) is 12.1. The second kappa shape index (κ2) is 5.18. The third kappa shape index (κ3) is 2.20. The first-order valence-electron chi connectivity index (χ1n) is 7.55. The minimum Gasteiger partial charge on any atom is -0.455 e. The van der Waals surface area contributed by atoms with Gasteiger partial charge in [-0.15, -0.1) is 0 Å². The van der Waals surface area contributed by atoms with Gasteiger partial charge in [0.25, 0.3) is 5.91 Å². The smallest absolute Gasteiger partial charge is 0.260 e. The number of fused-ring (bicyclic) bond motifs is 5. The molecule has 25 heavy (non-hydrogen) atoms. The van der Waals surface area contributed by atoms with E-state index in [9.17, 15) is 4.79 Å². The zero-order valence-corrected chi connectivity index (χ0v) is 14.1. The summed E-state index contributed by atoms with van der Waals surface area (Å²) in [5, 5.41) is 3.67. The molecule has 1 amide bonds. The van der Waals surface area contributed by atoms with Crippen molar-refractivity contribution in [3.8, 4) is 11.1 Å². The van der Waals surface area contributed by atoms with E-state index in [0.717, 1.165) is 28.7 Å². The zero-order chi connectivity index (χ0) is 17.1. The monoisotopic (exact) mass is 369 g/mol. The molecule has 0 atom stereocenters. The Balaban J connectivity index is 1.59.